The summed E-state index contributed by atoms with van der Waals surface area (Å²) in [5.41, 5.74) is 3.42. The maximum Gasteiger partial charge on any atom is 0.258 e. The van der Waals surface area contributed by atoms with Gasteiger partial charge in [-0.25, -0.2) is 15.2 Å². The van der Waals surface area contributed by atoms with Crippen LogP contribution in [0, 0.1) is 5.82 Å². The van der Waals surface area contributed by atoms with Crippen LogP contribution in [0.25, 0.3) is 0 Å². The standard InChI is InChI=1S/C13H13FN4O/c1-18(11-4-2-10(14)3-5-11)13(19)9-6-7-16-12(8-9)17-15/h2-8H,15H2,1H3,(H,16,17). The molecule has 98 valence electrons. The maximum absolute atomic E-state index is 12.8. The van der Waals surface area contributed by atoms with Gasteiger partial charge in [-0.2, -0.15) is 0 Å². The van der Waals surface area contributed by atoms with Crippen molar-refractivity contribution in [1.82, 2.24) is 4.98 Å². The van der Waals surface area contributed by atoms with Gasteiger partial charge in [-0.3, -0.25) is 4.79 Å². The van der Waals surface area contributed by atoms with Crippen LogP contribution < -0.4 is 16.2 Å². The number of nitrogens with zero attached hydrogens (tertiary/aromatic N) is 2. The first-order chi connectivity index (χ1) is 9.11. The Hall–Kier alpha value is -2.47. The second kappa shape index (κ2) is 5.45. The molecule has 0 spiro atoms. The van der Waals surface area contributed by atoms with Gasteiger partial charge in [0, 0.05) is 24.5 Å². The lowest BCUT2D eigenvalue weighted by Gasteiger charge is -2.17. The Morgan fingerprint density at radius 3 is 2.63 bits per heavy atom. The van der Waals surface area contributed by atoms with Gasteiger partial charge < -0.3 is 10.3 Å². The number of amides is 1. The number of nitrogen functional groups attached to an aromatic ring is 1. The zero-order valence-corrected chi connectivity index (χ0v) is 10.3. The minimum Gasteiger partial charge on any atom is -0.311 e. The Morgan fingerprint density at radius 1 is 1.32 bits per heavy atom. The highest BCUT2D eigenvalue weighted by atomic mass is 19.1. The highest BCUT2D eigenvalue weighted by Crippen LogP contribution is 2.16. The minimum absolute atomic E-state index is 0.231. The molecule has 1 aromatic carbocycles. The number of carbonyl (C=O) groups is 1. The van der Waals surface area contributed by atoms with Crippen LogP contribution in [-0.4, -0.2) is 17.9 Å². The van der Waals surface area contributed by atoms with Crippen molar-refractivity contribution in [3.63, 3.8) is 0 Å². The fourth-order valence-electron chi connectivity index (χ4n) is 1.62. The van der Waals surface area contributed by atoms with Crippen LogP contribution in [0.2, 0.25) is 0 Å². The van der Waals surface area contributed by atoms with Crippen molar-refractivity contribution in [1.29, 1.82) is 0 Å². The lowest BCUT2D eigenvalue weighted by Crippen LogP contribution is -2.26. The topological polar surface area (TPSA) is 71.2 Å². The number of aromatic nitrogens is 1. The quantitative estimate of drug-likeness (QED) is 0.652. The average Bonchev–Trinajstić information content (AvgIpc) is 2.46. The molecule has 0 bridgehead atoms. The van der Waals surface area contributed by atoms with Gasteiger partial charge in [0.25, 0.3) is 5.91 Å². The van der Waals surface area contributed by atoms with E-state index < -0.39 is 0 Å². The second-order valence-corrected chi connectivity index (χ2v) is 3.91. The smallest absolute Gasteiger partial charge is 0.258 e. The Bertz CT molecular complexity index is 585. The third kappa shape index (κ3) is 2.86. The molecule has 5 nitrogen and oxygen atoms in total. The summed E-state index contributed by atoms with van der Waals surface area (Å²) >= 11 is 0. The van der Waals surface area contributed by atoms with E-state index in [-0.39, 0.29) is 11.7 Å². The summed E-state index contributed by atoms with van der Waals surface area (Å²) < 4.78 is 12.8. The van der Waals surface area contributed by atoms with E-state index in [2.05, 4.69) is 10.4 Å². The second-order valence-electron chi connectivity index (χ2n) is 3.91. The molecule has 0 fully saturated rings. The van der Waals surface area contributed by atoms with E-state index in [0.29, 0.717) is 17.1 Å². The predicted octanol–water partition coefficient (Wildman–Crippen LogP) is 1.78. The molecule has 2 rings (SSSR count). The number of halogens is 1. The molecule has 0 aliphatic carbocycles. The Morgan fingerprint density at radius 2 is 2.00 bits per heavy atom. The van der Waals surface area contributed by atoms with Crippen molar-refractivity contribution in [3.8, 4) is 0 Å². The summed E-state index contributed by atoms with van der Waals surface area (Å²) in [6.07, 6.45) is 1.49. The number of rotatable bonds is 3. The van der Waals surface area contributed by atoms with E-state index >= 15 is 0 Å². The third-order valence-corrected chi connectivity index (χ3v) is 2.67. The normalized spacial score (nSPS) is 10.1. The molecular weight excluding hydrogens is 247 g/mol. The molecule has 1 aromatic heterocycles. The lowest BCUT2D eigenvalue weighted by molar-refractivity contribution is 0.0993. The molecule has 0 atom stereocenters. The monoisotopic (exact) mass is 260 g/mol. The summed E-state index contributed by atoms with van der Waals surface area (Å²) in [7, 11) is 1.62. The van der Waals surface area contributed by atoms with Crippen LogP contribution in [0.1, 0.15) is 10.4 Å². The summed E-state index contributed by atoms with van der Waals surface area (Å²) in [6.45, 7) is 0. The molecule has 6 heteroatoms. The first kappa shape index (κ1) is 13.0. The number of anilines is 2. The summed E-state index contributed by atoms with van der Waals surface area (Å²) in [6, 6.07) is 8.82. The van der Waals surface area contributed by atoms with Gasteiger partial charge >= 0.3 is 0 Å². The number of pyridine rings is 1. The molecule has 0 saturated heterocycles. The predicted molar refractivity (Wildman–Crippen MR) is 71.2 cm³/mol. The van der Waals surface area contributed by atoms with Crippen molar-refractivity contribution in [3.05, 3.63) is 54.0 Å². The van der Waals surface area contributed by atoms with Crippen molar-refractivity contribution in [2.75, 3.05) is 17.4 Å². The Balaban J connectivity index is 2.25. The van der Waals surface area contributed by atoms with Crippen molar-refractivity contribution in [2.45, 2.75) is 0 Å². The van der Waals surface area contributed by atoms with Crippen molar-refractivity contribution >= 4 is 17.4 Å². The average molecular weight is 260 g/mol. The van der Waals surface area contributed by atoms with Crippen LogP contribution in [-0.2, 0) is 0 Å². The molecule has 0 unspecified atom stereocenters. The van der Waals surface area contributed by atoms with Crippen LogP contribution >= 0.6 is 0 Å². The first-order valence-corrected chi connectivity index (χ1v) is 5.58. The van der Waals surface area contributed by atoms with E-state index in [9.17, 15) is 9.18 Å². The van der Waals surface area contributed by atoms with Gasteiger partial charge in [-0.05, 0) is 36.4 Å². The van der Waals surface area contributed by atoms with Crippen molar-refractivity contribution in [2.24, 2.45) is 5.84 Å². The summed E-state index contributed by atoms with van der Waals surface area (Å²) in [5.74, 6) is 5.07. The number of nitrogens with two attached hydrogens (primary N) is 1. The van der Waals surface area contributed by atoms with Crippen LogP contribution in [0.5, 0.6) is 0 Å². The lowest BCUT2D eigenvalue weighted by atomic mass is 10.2. The minimum atomic E-state index is -0.344. The van der Waals surface area contributed by atoms with E-state index in [1.165, 1.54) is 35.4 Å². The van der Waals surface area contributed by atoms with Crippen LogP contribution in [0.3, 0.4) is 0 Å². The molecule has 0 radical (unpaired) electrons. The van der Waals surface area contributed by atoms with E-state index in [1.807, 2.05) is 0 Å². The third-order valence-electron chi connectivity index (χ3n) is 2.67. The molecule has 0 aliphatic rings. The number of hydrazine groups is 1. The molecule has 0 saturated carbocycles. The largest absolute Gasteiger partial charge is 0.311 e. The summed E-state index contributed by atoms with van der Waals surface area (Å²) in [4.78, 5) is 17.6. The van der Waals surface area contributed by atoms with Crippen molar-refractivity contribution < 1.29 is 9.18 Å². The molecule has 3 N–H and O–H groups in total. The Labute approximate surface area is 109 Å². The number of hydrogen-bond donors (Lipinski definition) is 2. The van der Waals surface area contributed by atoms with E-state index in [1.54, 1.807) is 19.2 Å². The molecule has 1 amide bonds. The van der Waals surface area contributed by atoms with E-state index in [4.69, 9.17) is 5.84 Å². The van der Waals surface area contributed by atoms with Crippen LogP contribution in [0.15, 0.2) is 42.6 Å². The maximum atomic E-state index is 12.8. The van der Waals surface area contributed by atoms with Crippen LogP contribution in [0.4, 0.5) is 15.9 Å². The number of nitrogens with one attached hydrogen (secondary N) is 1. The SMILES string of the molecule is CN(C(=O)c1ccnc(NN)c1)c1ccc(F)cc1. The zero-order valence-electron chi connectivity index (χ0n) is 10.3. The molecule has 0 aliphatic heterocycles. The highest BCUT2D eigenvalue weighted by molar-refractivity contribution is 6.06. The summed E-state index contributed by atoms with van der Waals surface area (Å²) in [5, 5.41) is 0. The van der Waals surface area contributed by atoms with E-state index in [0.717, 1.165) is 0 Å². The molecule has 19 heavy (non-hydrogen) atoms. The van der Waals surface area contributed by atoms with Gasteiger partial charge in [0.05, 0.1) is 0 Å². The zero-order chi connectivity index (χ0) is 13.8. The van der Waals surface area contributed by atoms with Gasteiger partial charge in [-0.15, -0.1) is 0 Å². The molecular formula is C13H13FN4O. The van der Waals surface area contributed by atoms with Gasteiger partial charge in [0.2, 0.25) is 0 Å². The molecule has 2 aromatic rings. The Kier molecular flexibility index (Phi) is 3.72. The number of benzene rings is 1. The van der Waals surface area contributed by atoms with Gasteiger partial charge in [0.15, 0.2) is 0 Å². The first-order valence-electron chi connectivity index (χ1n) is 5.58. The fraction of sp³-hybridized carbons (Fsp3) is 0.0769. The van der Waals surface area contributed by atoms with Gasteiger partial charge in [0.1, 0.15) is 11.6 Å². The van der Waals surface area contributed by atoms with Gasteiger partial charge in [-0.1, -0.05) is 0 Å². The molecule has 1 heterocycles. The fourth-order valence-corrected chi connectivity index (χ4v) is 1.62. The number of carbonyl (C=O) groups excluding carboxylic acids is 1. The number of hydrogen-bond acceptors (Lipinski definition) is 4. The highest BCUT2D eigenvalue weighted by Gasteiger charge is 2.14.